The highest BCUT2D eigenvalue weighted by molar-refractivity contribution is 9.10. The number of halogens is 1. The van der Waals surface area contributed by atoms with Crippen molar-refractivity contribution in [3.8, 4) is 0 Å². The van der Waals surface area contributed by atoms with Crippen LogP contribution in [0.25, 0.3) is 21.8 Å². The Labute approximate surface area is 160 Å². The van der Waals surface area contributed by atoms with Crippen LogP contribution in [-0.4, -0.2) is 9.97 Å². The molecule has 5 rings (SSSR count). The van der Waals surface area contributed by atoms with Crippen LogP contribution in [-0.2, 0) is 0 Å². The van der Waals surface area contributed by atoms with Gasteiger partial charge in [0.15, 0.2) is 0 Å². The summed E-state index contributed by atoms with van der Waals surface area (Å²) in [5.74, 6) is 0.137. The van der Waals surface area contributed by atoms with E-state index in [1.807, 2.05) is 0 Å². The third kappa shape index (κ3) is 2.39. The first-order chi connectivity index (χ1) is 12.8. The van der Waals surface area contributed by atoms with E-state index < -0.39 is 0 Å². The number of para-hydroxylation sites is 2. The summed E-state index contributed by atoms with van der Waals surface area (Å²) >= 11 is 3.78. The number of aromatic nitrogens is 2. The highest BCUT2D eigenvalue weighted by atomic mass is 79.9. The molecule has 0 saturated heterocycles. The molecule has 2 N–H and O–H groups in total. The highest BCUT2D eigenvalue weighted by Gasteiger charge is 2.24. The Hall–Kier alpha value is -2.78. The van der Waals surface area contributed by atoms with E-state index in [-0.39, 0.29) is 5.92 Å². The first kappa shape index (κ1) is 15.5. The number of benzene rings is 3. The Morgan fingerprint density at radius 2 is 1.08 bits per heavy atom. The summed E-state index contributed by atoms with van der Waals surface area (Å²) in [6, 6.07) is 25.5. The zero-order valence-electron chi connectivity index (χ0n) is 14.0. The molecule has 126 valence electrons. The van der Waals surface area contributed by atoms with Gasteiger partial charge < -0.3 is 9.97 Å². The van der Waals surface area contributed by atoms with Crippen LogP contribution in [0.5, 0.6) is 0 Å². The topological polar surface area (TPSA) is 31.6 Å². The molecule has 0 amide bonds. The average Bonchev–Trinajstić information content (AvgIpc) is 3.29. The predicted molar refractivity (Wildman–Crippen MR) is 112 cm³/mol. The molecule has 26 heavy (non-hydrogen) atoms. The van der Waals surface area contributed by atoms with Gasteiger partial charge in [-0.1, -0.05) is 70.5 Å². The van der Waals surface area contributed by atoms with Crippen molar-refractivity contribution in [1.29, 1.82) is 0 Å². The first-order valence-electron chi connectivity index (χ1n) is 8.69. The maximum Gasteiger partial charge on any atom is 0.0457 e. The fourth-order valence-corrected chi connectivity index (χ4v) is 4.39. The molecule has 0 bridgehead atoms. The van der Waals surface area contributed by atoms with Crippen LogP contribution in [0.2, 0.25) is 0 Å². The van der Waals surface area contributed by atoms with Gasteiger partial charge in [-0.25, -0.2) is 0 Å². The zero-order chi connectivity index (χ0) is 17.5. The van der Waals surface area contributed by atoms with E-state index in [0.29, 0.717) is 0 Å². The number of nitrogens with one attached hydrogen (secondary N) is 2. The molecule has 0 unspecified atom stereocenters. The molecule has 3 aromatic carbocycles. The fraction of sp³-hybridized carbons (Fsp3) is 0.0435. The second-order valence-corrected chi connectivity index (χ2v) is 7.39. The number of aromatic amines is 2. The minimum Gasteiger partial charge on any atom is -0.361 e. The molecule has 0 spiro atoms. The van der Waals surface area contributed by atoms with Gasteiger partial charge in [0.2, 0.25) is 0 Å². The predicted octanol–water partition coefficient (Wildman–Crippen LogP) is 6.59. The van der Waals surface area contributed by atoms with E-state index in [9.17, 15) is 0 Å². The van der Waals surface area contributed by atoms with Crippen LogP contribution >= 0.6 is 15.9 Å². The van der Waals surface area contributed by atoms with Gasteiger partial charge in [-0.05, 0) is 34.9 Å². The third-order valence-corrected chi connectivity index (χ3v) is 5.80. The number of hydrogen-bond donors (Lipinski definition) is 2. The monoisotopic (exact) mass is 400 g/mol. The Morgan fingerprint density at radius 3 is 1.65 bits per heavy atom. The van der Waals surface area contributed by atoms with Crippen molar-refractivity contribution in [3.63, 3.8) is 0 Å². The van der Waals surface area contributed by atoms with Gasteiger partial charge in [0.1, 0.15) is 0 Å². The van der Waals surface area contributed by atoms with E-state index in [0.717, 1.165) is 4.47 Å². The third-order valence-electron chi connectivity index (χ3n) is 5.08. The van der Waals surface area contributed by atoms with E-state index >= 15 is 0 Å². The van der Waals surface area contributed by atoms with E-state index in [1.165, 1.54) is 38.5 Å². The maximum atomic E-state index is 3.78. The van der Waals surface area contributed by atoms with Crippen LogP contribution in [0, 0.1) is 0 Å². The van der Waals surface area contributed by atoms with Crippen LogP contribution in [0.3, 0.4) is 0 Å². The molecule has 3 heteroatoms. The largest absolute Gasteiger partial charge is 0.361 e. The van der Waals surface area contributed by atoms with Gasteiger partial charge in [0.05, 0.1) is 0 Å². The summed E-state index contributed by atoms with van der Waals surface area (Å²) in [7, 11) is 0. The lowest BCUT2D eigenvalue weighted by atomic mass is 9.85. The quantitative estimate of drug-likeness (QED) is 0.342. The Bertz CT molecular complexity index is 1140. The van der Waals surface area contributed by atoms with Gasteiger partial charge in [-0.15, -0.1) is 0 Å². The number of fused-ring (bicyclic) bond motifs is 2. The van der Waals surface area contributed by atoms with E-state index in [2.05, 4.69) is 111 Å². The molecule has 2 aromatic heterocycles. The van der Waals surface area contributed by atoms with Crippen molar-refractivity contribution in [3.05, 3.63) is 106 Å². The summed E-state index contributed by atoms with van der Waals surface area (Å²) in [5.41, 5.74) is 6.18. The lowest BCUT2D eigenvalue weighted by Crippen LogP contribution is -2.03. The fourth-order valence-electron chi connectivity index (χ4n) is 3.88. The summed E-state index contributed by atoms with van der Waals surface area (Å²) in [6.07, 6.45) is 4.30. The zero-order valence-corrected chi connectivity index (χ0v) is 15.6. The number of hydrogen-bond acceptors (Lipinski definition) is 0. The molecule has 0 aliphatic heterocycles. The number of rotatable bonds is 3. The molecule has 0 fully saturated rings. The Morgan fingerprint density at radius 1 is 0.577 bits per heavy atom. The lowest BCUT2D eigenvalue weighted by molar-refractivity contribution is 0.990. The molecular weight excluding hydrogens is 384 g/mol. The van der Waals surface area contributed by atoms with Crippen molar-refractivity contribution in [2.75, 3.05) is 0 Å². The first-order valence-corrected chi connectivity index (χ1v) is 9.48. The summed E-state index contributed by atoms with van der Waals surface area (Å²) < 4.78 is 1.13. The van der Waals surface area contributed by atoms with Crippen molar-refractivity contribution in [2.24, 2.45) is 0 Å². The minimum absolute atomic E-state index is 0.137. The normalized spacial score (nSPS) is 11.6. The van der Waals surface area contributed by atoms with Gasteiger partial charge in [0.25, 0.3) is 0 Å². The van der Waals surface area contributed by atoms with Crippen LogP contribution in [0.15, 0.2) is 89.7 Å². The molecule has 0 aliphatic rings. The molecule has 2 nitrogen and oxygen atoms in total. The van der Waals surface area contributed by atoms with Gasteiger partial charge in [-0.2, -0.15) is 0 Å². The molecule has 5 aromatic rings. The van der Waals surface area contributed by atoms with Crippen LogP contribution in [0.1, 0.15) is 22.6 Å². The summed E-state index contributed by atoms with van der Waals surface area (Å²) in [4.78, 5) is 6.88. The maximum absolute atomic E-state index is 3.78. The molecule has 0 radical (unpaired) electrons. The summed E-state index contributed by atoms with van der Waals surface area (Å²) in [6.45, 7) is 0. The van der Waals surface area contributed by atoms with E-state index in [4.69, 9.17) is 0 Å². The SMILES string of the molecule is Brc1ccccc1C(c1c[nH]c2ccccc12)c1c[nH]c2ccccc12. The lowest BCUT2D eigenvalue weighted by Gasteiger charge is -2.19. The average molecular weight is 401 g/mol. The molecule has 2 heterocycles. The van der Waals surface area contributed by atoms with Gasteiger partial charge in [0, 0.05) is 44.6 Å². The standard InChI is InChI=1S/C23H17BrN2/c24-20-10-4-1-9-17(20)23(18-13-25-21-11-5-2-7-15(18)21)19-14-26-22-12-6-3-8-16(19)22/h1-14,23,25-26H. The number of H-pyrrole nitrogens is 2. The van der Waals surface area contributed by atoms with Gasteiger partial charge >= 0.3 is 0 Å². The second-order valence-electron chi connectivity index (χ2n) is 6.53. The summed E-state index contributed by atoms with van der Waals surface area (Å²) in [5, 5.41) is 2.53. The van der Waals surface area contributed by atoms with Crippen molar-refractivity contribution < 1.29 is 0 Å². The van der Waals surface area contributed by atoms with Gasteiger partial charge in [-0.3, -0.25) is 0 Å². The van der Waals surface area contributed by atoms with Crippen molar-refractivity contribution in [2.45, 2.75) is 5.92 Å². The van der Waals surface area contributed by atoms with E-state index in [1.54, 1.807) is 0 Å². The van der Waals surface area contributed by atoms with Crippen molar-refractivity contribution >= 4 is 37.7 Å². The molecule has 0 atom stereocenters. The Balaban J connectivity index is 1.83. The molecular formula is C23H17BrN2. The molecule has 0 saturated carbocycles. The van der Waals surface area contributed by atoms with Crippen molar-refractivity contribution in [1.82, 2.24) is 9.97 Å². The molecule has 0 aliphatic carbocycles. The Kier molecular flexibility index (Phi) is 3.68. The second kappa shape index (κ2) is 6.19. The van der Waals surface area contributed by atoms with Crippen LogP contribution in [0.4, 0.5) is 0 Å². The van der Waals surface area contributed by atoms with Crippen LogP contribution < -0.4 is 0 Å². The highest BCUT2D eigenvalue weighted by Crippen LogP contribution is 2.41. The smallest absolute Gasteiger partial charge is 0.0457 e. The minimum atomic E-state index is 0.137.